The van der Waals surface area contributed by atoms with Crippen molar-refractivity contribution in [2.45, 2.75) is 32.2 Å². The second kappa shape index (κ2) is 6.76. The summed E-state index contributed by atoms with van der Waals surface area (Å²) in [5, 5.41) is 0. The summed E-state index contributed by atoms with van der Waals surface area (Å²) in [6, 6.07) is 8.33. The Labute approximate surface area is 110 Å². The molecule has 1 aromatic rings. The summed E-state index contributed by atoms with van der Waals surface area (Å²) in [5.41, 5.74) is 7.16. The second-order valence-corrected chi connectivity index (χ2v) is 4.98. The van der Waals surface area contributed by atoms with Crippen molar-refractivity contribution in [2.24, 2.45) is 5.73 Å². The SMILES string of the molecule is CCC(N)c1ccc(OCCN2CCCC2)cc1. The highest BCUT2D eigenvalue weighted by molar-refractivity contribution is 5.28. The smallest absolute Gasteiger partial charge is 0.119 e. The molecule has 1 saturated heterocycles. The van der Waals surface area contributed by atoms with Crippen molar-refractivity contribution in [3.8, 4) is 5.75 Å². The van der Waals surface area contributed by atoms with Gasteiger partial charge >= 0.3 is 0 Å². The van der Waals surface area contributed by atoms with Gasteiger partial charge in [-0.15, -0.1) is 0 Å². The third-order valence-electron chi connectivity index (χ3n) is 3.62. The molecule has 1 aliphatic rings. The lowest BCUT2D eigenvalue weighted by Gasteiger charge is -2.15. The lowest BCUT2D eigenvalue weighted by atomic mass is 10.1. The molecule has 18 heavy (non-hydrogen) atoms. The van der Waals surface area contributed by atoms with Crippen LogP contribution in [-0.2, 0) is 0 Å². The van der Waals surface area contributed by atoms with Crippen LogP contribution < -0.4 is 10.5 Å². The minimum absolute atomic E-state index is 0.142. The van der Waals surface area contributed by atoms with E-state index < -0.39 is 0 Å². The van der Waals surface area contributed by atoms with Crippen LogP contribution in [0.4, 0.5) is 0 Å². The van der Waals surface area contributed by atoms with Crippen LogP contribution in [0.2, 0.25) is 0 Å². The average molecular weight is 248 g/mol. The van der Waals surface area contributed by atoms with E-state index >= 15 is 0 Å². The quantitative estimate of drug-likeness (QED) is 0.841. The lowest BCUT2D eigenvalue weighted by Crippen LogP contribution is -2.25. The molecule has 1 atom stereocenters. The summed E-state index contributed by atoms with van der Waals surface area (Å²) in [4.78, 5) is 2.46. The zero-order chi connectivity index (χ0) is 12.8. The Bertz CT molecular complexity index is 344. The monoisotopic (exact) mass is 248 g/mol. The first-order chi connectivity index (χ1) is 8.79. The largest absolute Gasteiger partial charge is 0.492 e. The van der Waals surface area contributed by atoms with Crippen molar-refractivity contribution in [1.82, 2.24) is 4.90 Å². The van der Waals surface area contributed by atoms with Gasteiger partial charge in [-0.05, 0) is 50.0 Å². The van der Waals surface area contributed by atoms with Gasteiger partial charge in [-0.2, -0.15) is 0 Å². The molecule has 0 radical (unpaired) electrons. The molecule has 1 heterocycles. The minimum atomic E-state index is 0.142. The maximum absolute atomic E-state index is 5.98. The van der Waals surface area contributed by atoms with Gasteiger partial charge in [-0.1, -0.05) is 19.1 Å². The molecule has 3 nitrogen and oxygen atoms in total. The average Bonchev–Trinajstić information content (AvgIpc) is 2.92. The molecule has 1 unspecified atom stereocenters. The predicted octanol–water partition coefficient (Wildman–Crippen LogP) is 2.57. The van der Waals surface area contributed by atoms with Gasteiger partial charge in [0.2, 0.25) is 0 Å². The minimum Gasteiger partial charge on any atom is -0.492 e. The Kier molecular flexibility index (Phi) is 5.02. The highest BCUT2D eigenvalue weighted by atomic mass is 16.5. The molecule has 3 heteroatoms. The fraction of sp³-hybridized carbons (Fsp3) is 0.600. The molecule has 0 aromatic heterocycles. The molecule has 0 spiro atoms. The third kappa shape index (κ3) is 3.72. The Morgan fingerprint density at radius 1 is 1.22 bits per heavy atom. The Balaban J connectivity index is 1.75. The van der Waals surface area contributed by atoms with Crippen molar-refractivity contribution in [1.29, 1.82) is 0 Å². The van der Waals surface area contributed by atoms with E-state index in [9.17, 15) is 0 Å². The van der Waals surface area contributed by atoms with Gasteiger partial charge in [0.1, 0.15) is 12.4 Å². The van der Waals surface area contributed by atoms with Crippen LogP contribution in [0.3, 0.4) is 0 Å². The maximum atomic E-state index is 5.98. The van der Waals surface area contributed by atoms with Crippen LogP contribution in [0.5, 0.6) is 5.75 Å². The molecule has 100 valence electrons. The van der Waals surface area contributed by atoms with E-state index in [0.717, 1.165) is 25.3 Å². The van der Waals surface area contributed by atoms with Gasteiger partial charge in [0.25, 0.3) is 0 Å². The van der Waals surface area contributed by atoms with E-state index in [2.05, 4.69) is 24.0 Å². The third-order valence-corrected chi connectivity index (χ3v) is 3.62. The van der Waals surface area contributed by atoms with E-state index in [1.807, 2.05) is 12.1 Å². The second-order valence-electron chi connectivity index (χ2n) is 4.98. The number of hydrogen-bond donors (Lipinski definition) is 1. The van der Waals surface area contributed by atoms with Gasteiger partial charge < -0.3 is 10.5 Å². The Morgan fingerprint density at radius 3 is 2.50 bits per heavy atom. The molecular weight excluding hydrogens is 224 g/mol. The maximum Gasteiger partial charge on any atom is 0.119 e. The van der Waals surface area contributed by atoms with Crippen LogP contribution in [0.1, 0.15) is 37.8 Å². The lowest BCUT2D eigenvalue weighted by molar-refractivity contribution is 0.237. The summed E-state index contributed by atoms with van der Waals surface area (Å²) in [6.45, 7) is 6.38. The van der Waals surface area contributed by atoms with E-state index in [1.165, 1.54) is 31.5 Å². The molecule has 0 bridgehead atoms. The first kappa shape index (κ1) is 13.4. The molecule has 0 saturated carbocycles. The number of hydrogen-bond acceptors (Lipinski definition) is 3. The normalized spacial score (nSPS) is 17.9. The molecule has 1 aliphatic heterocycles. The summed E-state index contributed by atoms with van der Waals surface area (Å²) < 4.78 is 5.75. The first-order valence-electron chi connectivity index (χ1n) is 7.00. The zero-order valence-electron chi connectivity index (χ0n) is 11.3. The van der Waals surface area contributed by atoms with Gasteiger partial charge in [0, 0.05) is 12.6 Å². The van der Waals surface area contributed by atoms with E-state index in [0.29, 0.717) is 0 Å². The number of likely N-dealkylation sites (tertiary alicyclic amines) is 1. The van der Waals surface area contributed by atoms with Gasteiger partial charge in [-0.3, -0.25) is 4.90 Å². The number of ether oxygens (including phenoxy) is 1. The standard InChI is InChI=1S/C15H24N2O/c1-2-15(16)13-5-7-14(8-6-13)18-12-11-17-9-3-4-10-17/h5-8,15H,2-4,9-12,16H2,1H3. The Morgan fingerprint density at radius 2 is 1.89 bits per heavy atom. The summed E-state index contributed by atoms with van der Waals surface area (Å²) in [5.74, 6) is 0.946. The summed E-state index contributed by atoms with van der Waals surface area (Å²) in [6.07, 6.45) is 3.64. The fourth-order valence-electron chi connectivity index (χ4n) is 2.35. The van der Waals surface area contributed by atoms with Crippen molar-refractivity contribution in [3.63, 3.8) is 0 Å². The number of nitrogens with two attached hydrogens (primary N) is 1. The fourth-order valence-corrected chi connectivity index (χ4v) is 2.35. The molecule has 1 aromatic carbocycles. The number of rotatable bonds is 6. The van der Waals surface area contributed by atoms with Crippen LogP contribution in [-0.4, -0.2) is 31.1 Å². The van der Waals surface area contributed by atoms with Crippen molar-refractivity contribution in [2.75, 3.05) is 26.2 Å². The van der Waals surface area contributed by atoms with Crippen LogP contribution in [0.15, 0.2) is 24.3 Å². The Hall–Kier alpha value is -1.06. The highest BCUT2D eigenvalue weighted by Crippen LogP contribution is 2.18. The van der Waals surface area contributed by atoms with Crippen molar-refractivity contribution in [3.05, 3.63) is 29.8 Å². The molecule has 2 N–H and O–H groups in total. The van der Waals surface area contributed by atoms with E-state index in [4.69, 9.17) is 10.5 Å². The van der Waals surface area contributed by atoms with E-state index in [-0.39, 0.29) is 6.04 Å². The van der Waals surface area contributed by atoms with Gasteiger partial charge in [0.15, 0.2) is 0 Å². The molecule has 0 amide bonds. The molecule has 2 rings (SSSR count). The topological polar surface area (TPSA) is 38.5 Å². The summed E-state index contributed by atoms with van der Waals surface area (Å²) in [7, 11) is 0. The van der Waals surface area contributed by atoms with Crippen LogP contribution >= 0.6 is 0 Å². The number of nitrogens with zero attached hydrogens (tertiary/aromatic N) is 1. The predicted molar refractivity (Wildman–Crippen MR) is 74.8 cm³/mol. The van der Waals surface area contributed by atoms with E-state index in [1.54, 1.807) is 0 Å². The summed E-state index contributed by atoms with van der Waals surface area (Å²) >= 11 is 0. The van der Waals surface area contributed by atoms with Crippen molar-refractivity contribution >= 4 is 0 Å². The van der Waals surface area contributed by atoms with Crippen molar-refractivity contribution < 1.29 is 4.74 Å². The van der Waals surface area contributed by atoms with Gasteiger partial charge in [-0.25, -0.2) is 0 Å². The molecule has 0 aliphatic carbocycles. The molecule has 1 fully saturated rings. The highest BCUT2D eigenvalue weighted by Gasteiger charge is 2.10. The first-order valence-corrected chi connectivity index (χ1v) is 7.00. The molecular formula is C15H24N2O. The van der Waals surface area contributed by atoms with Crippen LogP contribution in [0, 0.1) is 0 Å². The number of benzene rings is 1. The zero-order valence-corrected chi connectivity index (χ0v) is 11.3. The van der Waals surface area contributed by atoms with Gasteiger partial charge in [0.05, 0.1) is 0 Å². The van der Waals surface area contributed by atoms with Crippen LogP contribution in [0.25, 0.3) is 0 Å².